The number of rotatable bonds is 2. The Hall–Kier alpha value is -0.570. The van der Waals surface area contributed by atoms with E-state index in [1.807, 2.05) is 0 Å². The highest BCUT2D eigenvalue weighted by Gasteiger charge is 2.53. The fourth-order valence-electron chi connectivity index (χ4n) is 2.47. The molecule has 2 rings (SSSR count). The maximum absolute atomic E-state index is 12.2. The van der Waals surface area contributed by atoms with Crippen LogP contribution in [0.3, 0.4) is 0 Å². The van der Waals surface area contributed by atoms with Crippen molar-refractivity contribution in [3.8, 4) is 0 Å². The van der Waals surface area contributed by atoms with Gasteiger partial charge in [0, 0.05) is 25.6 Å². The maximum atomic E-state index is 12.2. The fraction of sp³-hybridized carbons (Fsp3) is 0.917. The van der Waals surface area contributed by atoms with E-state index in [-0.39, 0.29) is 0 Å². The second-order valence-corrected chi connectivity index (χ2v) is 5.19. The van der Waals surface area contributed by atoms with Crippen LogP contribution in [0.4, 0.5) is 0 Å². The molecule has 1 saturated carbocycles. The molecule has 3 nitrogen and oxygen atoms in total. The molecule has 86 valence electrons. The number of carbonyl (C=O) groups excluding carboxylic acids is 1. The van der Waals surface area contributed by atoms with Crippen molar-refractivity contribution in [2.45, 2.75) is 33.1 Å². The van der Waals surface area contributed by atoms with E-state index in [2.05, 4.69) is 24.1 Å². The lowest BCUT2D eigenvalue weighted by Gasteiger charge is -2.21. The van der Waals surface area contributed by atoms with Gasteiger partial charge in [0.05, 0.1) is 0 Å². The van der Waals surface area contributed by atoms with Crippen LogP contribution in [0.1, 0.15) is 33.1 Å². The third kappa shape index (κ3) is 2.17. The van der Waals surface area contributed by atoms with Crippen molar-refractivity contribution in [3.63, 3.8) is 0 Å². The average molecular weight is 210 g/mol. The van der Waals surface area contributed by atoms with Gasteiger partial charge in [-0.25, -0.2) is 0 Å². The van der Waals surface area contributed by atoms with Gasteiger partial charge in [0.25, 0.3) is 0 Å². The standard InChI is InChI=1S/C12H22N2O/c1-3-12(2)9-10(12)11(15)14-7-4-5-13-6-8-14/h10,13H,3-9H2,1-2H3. The summed E-state index contributed by atoms with van der Waals surface area (Å²) in [6, 6.07) is 0. The summed E-state index contributed by atoms with van der Waals surface area (Å²) in [4.78, 5) is 14.2. The second-order valence-electron chi connectivity index (χ2n) is 5.19. The van der Waals surface area contributed by atoms with Gasteiger partial charge in [-0.05, 0) is 31.2 Å². The number of hydrogen-bond acceptors (Lipinski definition) is 2. The third-order valence-corrected chi connectivity index (χ3v) is 4.11. The Morgan fingerprint density at radius 3 is 2.93 bits per heavy atom. The van der Waals surface area contributed by atoms with Crippen LogP contribution < -0.4 is 5.32 Å². The van der Waals surface area contributed by atoms with Gasteiger partial charge in [0.1, 0.15) is 0 Å². The molecule has 0 spiro atoms. The lowest BCUT2D eigenvalue weighted by Crippen LogP contribution is -2.36. The minimum atomic E-state index is 0.316. The number of amides is 1. The lowest BCUT2D eigenvalue weighted by atomic mass is 10.0. The summed E-state index contributed by atoms with van der Waals surface area (Å²) in [5, 5.41) is 3.33. The molecule has 2 unspecified atom stereocenters. The van der Waals surface area contributed by atoms with E-state index in [0.717, 1.165) is 45.4 Å². The molecule has 0 radical (unpaired) electrons. The summed E-state index contributed by atoms with van der Waals surface area (Å²) in [6.07, 6.45) is 3.34. The Morgan fingerprint density at radius 1 is 1.47 bits per heavy atom. The fourth-order valence-corrected chi connectivity index (χ4v) is 2.47. The Morgan fingerprint density at radius 2 is 2.27 bits per heavy atom. The molecular formula is C12H22N2O. The van der Waals surface area contributed by atoms with E-state index in [0.29, 0.717) is 17.2 Å². The summed E-state index contributed by atoms with van der Waals surface area (Å²) < 4.78 is 0. The van der Waals surface area contributed by atoms with Crippen LogP contribution in [0.2, 0.25) is 0 Å². The van der Waals surface area contributed by atoms with Crippen molar-refractivity contribution in [2.24, 2.45) is 11.3 Å². The van der Waals surface area contributed by atoms with Crippen LogP contribution in [0.5, 0.6) is 0 Å². The molecular weight excluding hydrogens is 188 g/mol. The molecule has 0 aromatic carbocycles. The summed E-state index contributed by atoms with van der Waals surface area (Å²) >= 11 is 0. The topological polar surface area (TPSA) is 32.3 Å². The van der Waals surface area contributed by atoms with Gasteiger partial charge in [-0.2, -0.15) is 0 Å². The Kier molecular flexibility index (Phi) is 3.01. The van der Waals surface area contributed by atoms with E-state index < -0.39 is 0 Å². The molecule has 2 aliphatic rings. The molecule has 3 heteroatoms. The van der Waals surface area contributed by atoms with Crippen LogP contribution in [0.25, 0.3) is 0 Å². The molecule has 1 N–H and O–H groups in total. The van der Waals surface area contributed by atoms with Crippen LogP contribution in [-0.2, 0) is 4.79 Å². The van der Waals surface area contributed by atoms with Crippen molar-refractivity contribution in [1.29, 1.82) is 0 Å². The number of nitrogens with zero attached hydrogens (tertiary/aromatic N) is 1. The highest BCUT2D eigenvalue weighted by atomic mass is 16.2. The zero-order valence-electron chi connectivity index (χ0n) is 9.88. The average Bonchev–Trinajstić information content (AvgIpc) is 2.97. The van der Waals surface area contributed by atoms with E-state index in [9.17, 15) is 4.79 Å². The Labute approximate surface area is 92.2 Å². The van der Waals surface area contributed by atoms with Gasteiger partial charge in [-0.15, -0.1) is 0 Å². The van der Waals surface area contributed by atoms with E-state index in [1.165, 1.54) is 0 Å². The minimum Gasteiger partial charge on any atom is -0.341 e. The highest BCUT2D eigenvalue weighted by molar-refractivity contribution is 5.82. The number of hydrogen-bond donors (Lipinski definition) is 1. The largest absolute Gasteiger partial charge is 0.341 e. The molecule has 1 amide bonds. The smallest absolute Gasteiger partial charge is 0.226 e. The summed E-state index contributed by atoms with van der Waals surface area (Å²) in [7, 11) is 0. The molecule has 1 aliphatic heterocycles. The molecule has 0 bridgehead atoms. The Bertz CT molecular complexity index is 246. The molecule has 2 fully saturated rings. The first-order chi connectivity index (χ1) is 7.17. The van der Waals surface area contributed by atoms with Crippen LogP contribution in [0, 0.1) is 11.3 Å². The molecule has 1 heterocycles. The highest BCUT2D eigenvalue weighted by Crippen LogP contribution is 2.55. The molecule has 1 aliphatic carbocycles. The third-order valence-electron chi connectivity index (χ3n) is 4.11. The van der Waals surface area contributed by atoms with Crippen molar-refractivity contribution in [2.75, 3.05) is 26.2 Å². The summed E-state index contributed by atoms with van der Waals surface area (Å²) in [5.41, 5.74) is 0.316. The van der Waals surface area contributed by atoms with E-state index >= 15 is 0 Å². The first-order valence-electron chi connectivity index (χ1n) is 6.17. The van der Waals surface area contributed by atoms with Crippen molar-refractivity contribution in [1.82, 2.24) is 10.2 Å². The first-order valence-corrected chi connectivity index (χ1v) is 6.17. The predicted molar refractivity (Wildman–Crippen MR) is 60.6 cm³/mol. The first kappa shape index (κ1) is 10.9. The van der Waals surface area contributed by atoms with Gasteiger partial charge in [0.2, 0.25) is 5.91 Å². The summed E-state index contributed by atoms with van der Waals surface area (Å²) in [5.74, 6) is 0.726. The van der Waals surface area contributed by atoms with Crippen LogP contribution in [-0.4, -0.2) is 37.0 Å². The minimum absolute atomic E-state index is 0.316. The zero-order valence-corrected chi connectivity index (χ0v) is 9.88. The van der Waals surface area contributed by atoms with Crippen LogP contribution in [0.15, 0.2) is 0 Å². The monoisotopic (exact) mass is 210 g/mol. The second kappa shape index (κ2) is 4.12. The van der Waals surface area contributed by atoms with Gasteiger partial charge < -0.3 is 10.2 Å². The molecule has 15 heavy (non-hydrogen) atoms. The van der Waals surface area contributed by atoms with Crippen molar-refractivity contribution >= 4 is 5.91 Å². The number of nitrogens with one attached hydrogen (secondary N) is 1. The Balaban J connectivity index is 1.91. The quantitative estimate of drug-likeness (QED) is 0.744. The normalized spacial score (nSPS) is 36.1. The molecule has 2 atom stereocenters. The van der Waals surface area contributed by atoms with Gasteiger partial charge >= 0.3 is 0 Å². The molecule has 0 aromatic rings. The zero-order chi connectivity index (χ0) is 10.9. The maximum Gasteiger partial charge on any atom is 0.226 e. The van der Waals surface area contributed by atoms with Gasteiger partial charge in [0.15, 0.2) is 0 Å². The summed E-state index contributed by atoms with van der Waals surface area (Å²) in [6.45, 7) is 8.29. The van der Waals surface area contributed by atoms with Gasteiger partial charge in [-0.1, -0.05) is 13.8 Å². The SMILES string of the molecule is CCC1(C)CC1C(=O)N1CCCNCC1. The molecule has 0 aromatic heterocycles. The molecule has 1 saturated heterocycles. The lowest BCUT2D eigenvalue weighted by molar-refractivity contribution is -0.133. The van der Waals surface area contributed by atoms with Crippen molar-refractivity contribution in [3.05, 3.63) is 0 Å². The van der Waals surface area contributed by atoms with Crippen molar-refractivity contribution < 1.29 is 4.79 Å². The predicted octanol–water partition coefficient (Wildman–Crippen LogP) is 1.24. The van der Waals surface area contributed by atoms with E-state index in [1.54, 1.807) is 0 Å². The van der Waals surface area contributed by atoms with Gasteiger partial charge in [-0.3, -0.25) is 4.79 Å². The number of carbonyl (C=O) groups is 1. The van der Waals surface area contributed by atoms with Crippen LogP contribution >= 0.6 is 0 Å². The van der Waals surface area contributed by atoms with E-state index in [4.69, 9.17) is 0 Å².